The third-order valence-electron chi connectivity index (χ3n) is 3.79. The van der Waals surface area contributed by atoms with Gasteiger partial charge in [0.15, 0.2) is 0 Å². The molecule has 7 heteroatoms. The van der Waals surface area contributed by atoms with Crippen LogP contribution in [0.3, 0.4) is 0 Å². The molecule has 2 aromatic rings. The third-order valence-corrected chi connectivity index (χ3v) is 4.04. The number of rotatable bonds is 7. The number of imide groups is 1. The quantitative estimate of drug-likeness (QED) is 0.592. The van der Waals surface area contributed by atoms with Crippen LogP contribution in [0.15, 0.2) is 33.5 Å². The van der Waals surface area contributed by atoms with Gasteiger partial charge in [-0.1, -0.05) is 64.8 Å². The van der Waals surface area contributed by atoms with Crippen LogP contribution in [-0.4, -0.2) is 19.4 Å². The van der Waals surface area contributed by atoms with E-state index in [1.54, 1.807) is 31.3 Å². The molecule has 0 radical (unpaired) electrons. The van der Waals surface area contributed by atoms with E-state index >= 15 is 0 Å². The first-order chi connectivity index (χ1) is 14.0. The monoisotopic (exact) mass is 422 g/mol. The summed E-state index contributed by atoms with van der Waals surface area (Å²) in [6.45, 7) is 10.0. The van der Waals surface area contributed by atoms with Crippen molar-refractivity contribution in [2.24, 2.45) is 0 Å². The summed E-state index contributed by atoms with van der Waals surface area (Å²) in [5.41, 5.74) is 1.06. The molecule has 6 nitrogen and oxygen atoms in total. The molecule has 0 aliphatic rings. The van der Waals surface area contributed by atoms with E-state index in [-0.39, 0.29) is 11.4 Å². The molecule has 1 heterocycles. The van der Waals surface area contributed by atoms with Gasteiger partial charge >= 0.3 is 5.63 Å². The summed E-state index contributed by atoms with van der Waals surface area (Å²) in [5, 5.41) is 5.37. The molecule has 0 saturated carbocycles. The van der Waals surface area contributed by atoms with Crippen LogP contribution in [0.1, 0.15) is 63.4 Å². The molecular formula is C22H31ClN2O4. The highest BCUT2D eigenvalue weighted by Crippen LogP contribution is 2.30. The highest BCUT2D eigenvalue weighted by atomic mass is 35.5. The zero-order valence-corrected chi connectivity index (χ0v) is 18.8. The summed E-state index contributed by atoms with van der Waals surface area (Å²) < 4.78 is 5.29. The minimum atomic E-state index is -0.621. The largest absolute Gasteiger partial charge is 0.405 e. The average Bonchev–Trinajstić information content (AvgIpc) is 2.75. The second-order valence-electron chi connectivity index (χ2n) is 5.40. The molecule has 0 bridgehead atoms. The van der Waals surface area contributed by atoms with E-state index in [4.69, 9.17) is 16.0 Å². The Labute approximate surface area is 177 Å². The zero-order chi connectivity index (χ0) is 22.4. The Kier molecular flexibility index (Phi) is 13.1. The smallest absolute Gasteiger partial charge is 0.345 e. The van der Waals surface area contributed by atoms with Crippen molar-refractivity contribution < 1.29 is 14.0 Å². The first-order valence-corrected chi connectivity index (χ1v) is 10.3. The van der Waals surface area contributed by atoms with Crippen LogP contribution in [-0.2, 0) is 11.2 Å². The molecule has 0 saturated heterocycles. The van der Waals surface area contributed by atoms with Gasteiger partial charge < -0.3 is 9.73 Å². The summed E-state index contributed by atoms with van der Waals surface area (Å²) in [5.74, 6) is -0.586. The molecule has 0 unspecified atom stereocenters. The lowest BCUT2D eigenvalue weighted by molar-refractivity contribution is -0.108. The van der Waals surface area contributed by atoms with Gasteiger partial charge in [-0.05, 0) is 36.1 Å². The first-order valence-electron chi connectivity index (χ1n) is 9.91. The Morgan fingerprint density at radius 2 is 1.72 bits per heavy atom. The molecule has 0 aliphatic carbocycles. The number of nitrogens with one attached hydrogen (secondary N) is 2. The molecule has 1 aromatic heterocycles. The van der Waals surface area contributed by atoms with Crippen LogP contribution in [0.5, 0.6) is 0 Å². The second-order valence-corrected chi connectivity index (χ2v) is 5.84. The Morgan fingerprint density at radius 1 is 1.14 bits per heavy atom. The van der Waals surface area contributed by atoms with Crippen LogP contribution in [0.2, 0.25) is 5.02 Å². The Balaban J connectivity index is 0.00000184. The third kappa shape index (κ3) is 7.06. The summed E-state index contributed by atoms with van der Waals surface area (Å²) in [7, 11) is 1.54. The van der Waals surface area contributed by atoms with E-state index in [1.165, 1.54) is 0 Å². The predicted octanol–water partition coefficient (Wildman–Crippen LogP) is 5.28. The molecule has 29 heavy (non-hydrogen) atoms. The number of hydrogen-bond donors (Lipinski definition) is 2. The van der Waals surface area contributed by atoms with Crippen molar-refractivity contribution in [2.45, 2.75) is 53.9 Å². The lowest BCUT2D eigenvalue weighted by atomic mass is 9.93. The molecular weight excluding hydrogens is 392 g/mol. The van der Waals surface area contributed by atoms with Crippen LogP contribution in [0.25, 0.3) is 11.1 Å². The van der Waals surface area contributed by atoms with Crippen molar-refractivity contribution in [2.75, 3.05) is 12.4 Å². The van der Waals surface area contributed by atoms with E-state index in [0.717, 1.165) is 12.8 Å². The standard InChI is InChI=1S/C18H19ClN2O4.2C2H6/c1-3-4-5-13-14(11-6-8-12(19)9-7-11)18(24)25-17(20-2)15(13)16(23)21-10-22;2*1-2/h6-10,20H,3-5H2,1-2H3,(H,21,22,23);2*1-2H3. The van der Waals surface area contributed by atoms with Gasteiger partial charge in [-0.2, -0.15) is 0 Å². The van der Waals surface area contributed by atoms with Crippen LogP contribution in [0, 0.1) is 0 Å². The molecule has 0 atom stereocenters. The Bertz CT molecular complexity index is 830. The molecule has 0 aliphatic heterocycles. The van der Waals surface area contributed by atoms with Crippen molar-refractivity contribution >= 4 is 29.8 Å². The number of unbranched alkanes of at least 4 members (excludes halogenated alkanes) is 1. The minimum absolute atomic E-state index is 0.0353. The molecule has 0 spiro atoms. The van der Waals surface area contributed by atoms with Crippen molar-refractivity contribution in [3.63, 3.8) is 0 Å². The Morgan fingerprint density at radius 3 is 2.21 bits per heavy atom. The fraction of sp³-hybridized carbons (Fsp3) is 0.409. The summed E-state index contributed by atoms with van der Waals surface area (Å²) in [4.78, 5) is 35.7. The number of hydrogen-bond acceptors (Lipinski definition) is 5. The highest BCUT2D eigenvalue weighted by Gasteiger charge is 2.24. The number of benzene rings is 1. The van der Waals surface area contributed by atoms with Crippen LogP contribution < -0.4 is 16.3 Å². The predicted molar refractivity (Wildman–Crippen MR) is 120 cm³/mol. The normalized spacial score (nSPS) is 9.34. The van der Waals surface area contributed by atoms with Crippen LogP contribution >= 0.6 is 11.6 Å². The zero-order valence-electron chi connectivity index (χ0n) is 18.0. The number of amides is 2. The SMILES string of the molecule is CC.CC.CCCCc1c(C(=O)NC=O)c(NC)oc(=O)c1-c1ccc(Cl)cc1. The molecule has 0 fully saturated rings. The minimum Gasteiger partial charge on any atom is -0.405 e. The van der Waals surface area contributed by atoms with Gasteiger partial charge in [0.25, 0.3) is 5.91 Å². The maximum atomic E-state index is 12.6. The number of halogens is 1. The first kappa shape index (κ1) is 26.4. The van der Waals surface area contributed by atoms with E-state index < -0.39 is 11.5 Å². The maximum absolute atomic E-state index is 12.6. The van der Waals surface area contributed by atoms with Gasteiger partial charge in [-0.3, -0.25) is 14.9 Å². The van der Waals surface area contributed by atoms with Crippen LogP contribution in [0.4, 0.5) is 5.88 Å². The number of anilines is 1. The summed E-state index contributed by atoms with van der Waals surface area (Å²) >= 11 is 5.92. The molecule has 160 valence electrons. The van der Waals surface area contributed by atoms with E-state index in [1.807, 2.05) is 34.6 Å². The van der Waals surface area contributed by atoms with Crippen molar-refractivity contribution in [1.82, 2.24) is 5.32 Å². The van der Waals surface area contributed by atoms with Gasteiger partial charge in [0.05, 0.1) is 5.56 Å². The average molecular weight is 423 g/mol. The number of carbonyl (C=O) groups is 2. The summed E-state index contributed by atoms with van der Waals surface area (Å²) in [6.07, 6.45) is 2.45. The van der Waals surface area contributed by atoms with E-state index in [0.29, 0.717) is 34.5 Å². The summed E-state index contributed by atoms with van der Waals surface area (Å²) in [6, 6.07) is 6.73. The fourth-order valence-corrected chi connectivity index (χ4v) is 2.76. The lowest BCUT2D eigenvalue weighted by Gasteiger charge is -2.15. The van der Waals surface area contributed by atoms with Gasteiger partial charge in [0.2, 0.25) is 12.3 Å². The van der Waals surface area contributed by atoms with Gasteiger partial charge in [0, 0.05) is 12.1 Å². The number of carbonyl (C=O) groups excluding carboxylic acids is 2. The van der Waals surface area contributed by atoms with Crippen molar-refractivity contribution in [1.29, 1.82) is 0 Å². The highest BCUT2D eigenvalue weighted by molar-refractivity contribution is 6.30. The lowest BCUT2D eigenvalue weighted by Crippen LogP contribution is -2.26. The van der Waals surface area contributed by atoms with E-state index in [2.05, 4.69) is 10.6 Å². The Hall–Kier alpha value is -2.60. The van der Waals surface area contributed by atoms with Gasteiger partial charge in [0.1, 0.15) is 5.56 Å². The molecule has 2 rings (SSSR count). The van der Waals surface area contributed by atoms with E-state index in [9.17, 15) is 14.4 Å². The molecule has 2 N–H and O–H groups in total. The topological polar surface area (TPSA) is 88.4 Å². The van der Waals surface area contributed by atoms with Gasteiger partial charge in [-0.15, -0.1) is 0 Å². The second kappa shape index (κ2) is 14.4. The van der Waals surface area contributed by atoms with Crippen molar-refractivity contribution in [3.8, 4) is 11.1 Å². The molecule has 2 amide bonds. The maximum Gasteiger partial charge on any atom is 0.345 e. The fourth-order valence-electron chi connectivity index (χ4n) is 2.63. The molecule has 1 aromatic carbocycles. The van der Waals surface area contributed by atoms with Crippen molar-refractivity contribution in [3.05, 3.63) is 50.8 Å². The van der Waals surface area contributed by atoms with Gasteiger partial charge in [-0.25, -0.2) is 4.79 Å².